The van der Waals surface area contributed by atoms with Crippen LogP contribution in [0.15, 0.2) is 26.7 Å². The molecule has 0 radical (unpaired) electrons. The van der Waals surface area contributed by atoms with Gasteiger partial charge >= 0.3 is 0 Å². The lowest BCUT2D eigenvalue weighted by Gasteiger charge is -1.99. The van der Waals surface area contributed by atoms with Crippen molar-refractivity contribution in [2.75, 3.05) is 0 Å². The fourth-order valence-electron chi connectivity index (χ4n) is 1.98. The van der Waals surface area contributed by atoms with Crippen molar-refractivity contribution in [3.05, 3.63) is 44.9 Å². The van der Waals surface area contributed by atoms with Crippen molar-refractivity contribution in [2.45, 2.75) is 25.4 Å². The summed E-state index contributed by atoms with van der Waals surface area (Å²) in [7, 11) is -1.01. The van der Waals surface area contributed by atoms with Gasteiger partial charge in [-0.2, -0.15) is 11.3 Å². The normalized spacial score (nSPS) is 12.7. The van der Waals surface area contributed by atoms with Gasteiger partial charge in [0.2, 0.25) is 0 Å². The summed E-state index contributed by atoms with van der Waals surface area (Å²) in [5.41, 5.74) is 3.78. The van der Waals surface area contributed by atoms with Gasteiger partial charge in [0.25, 0.3) is 0 Å². The fourth-order valence-corrected chi connectivity index (χ4v) is 4.93. The van der Waals surface area contributed by atoms with Crippen molar-refractivity contribution >= 4 is 33.5 Å². The molecule has 3 aromatic rings. The number of aromatic nitrogens is 2. The number of nitrogens with zero attached hydrogens (tertiary/aromatic N) is 2. The molecule has 0 spiro atoms. The number of thiazole rings is 1. The van der Waals surface area contributed by atoms with Gasteiger partial charge in [-0.3, -0.25) is 4.21 Å². The molecule has 0 bridgehead atoms. The molecule has 0 aliphatic heterocycles. The molecule has 1 unspecified atom stereocenters. The quantitative estimate of drug-likeness (QED) is 0.707. The second kappa shape index (κ2) is 6.21. The predicted octanol–water partition coefficient (Wildman–Crippen LogP) is 3.93. The van der Waals surface area contributed by atoms with Crippen molar-refractivity contribution in [3.63, 3.8) is 0 Å². The molecule has 1 atom stereocenters. The third-order valence-corrected chi connectivity index (χ3v) is 5.97. The van der Waals surface area contributed by atoms with Gasteiger partial charge in [-0.15, -0.1) is 11.3 Å². The van der Waals surface area contributed by atoms with E-state index >= 15 is 0 Å². The maximum absolute atomic E-state index is 12.3. The van der Waals surface area contributed by atoms with Gasteiger partial charge in [0, 0.05) is 32.7 Å². The SMILES string of the molecule is Cc1noc(C)c1CS(=O)Cc1csc(-c2ccsc2)n1. The standard InChI is InChI=1S/C14H14N2O2S3/c1-9-13(10(2)18-16-9)8-21(17)7-12-6-20-14(15-12)11-3-4-19-5-11/h3-6H,7-8H2,1-2H3. The number of thiophene rings is 1. The van der Waals surface area contributed by atoms with Crippen molar-refractivity contribution in [1.29, 1.82) is 0 Å². The molecule has 0 saturated heterocycles. The summed E-state index contributed by atoms with van der Waals surface area (Å²) in [4.78, 5) is 4.56. The van der Waals surface area contributed by atoms with E-state index in [1.165, 1.54) is 0 Å². The van der Waals surface area contributed by atoms with Crippen LogP contribution in [0.3, 0.4) is 0 Å². The summed E-state index contributed by atoms with van der Waals surface area (Å²) in [5, 5.41) is 11.0. The zero-order chi connectivity index (χ0) is 14.8. The Labute approximate surface area is 133 Å². The van der Waals surface area contributed by atoms with E-state index in [2.05, 4.69) is 15.5 Å². The van der Waals surface area contributed by atoms with Crippen LogP contribution < -0.4 is 0 Å². The molecule has 3 aromatic heterocycles. The van der Waals surface area contributed by atoms with Gasteiger partial charge in [0.05, 0.1) is 22.9 Å². The lowest BCUT2D eigenvalue weighted by atomic mass is 10.2. The molecule has 3 rings (SSSR count). The average Bonchev–Trinajstić information content (AvgIpc) is 3.16. The topological polar surface area (TPSA) is 56.0 Å². The maximum atomic E-state index is 12.3. The molecule has 0 N–H and O–H groups in total. The van der Waals surface area contributed by atoms with Crippen LogP contribution in [-0.4, -0.2) is 14.3 Å². The van der Waals surface area contributed by atoms with E-state index in [0.717, 1.165) is 33.3 Å². The van der Waals surface area contributed by atoms with Crippen molar-refractivity contribution < 1.29 is 8.73 Å². The molecule has 0 aliphatic rings. The number of hydrogen-bond donors (Lipinski definition) is 0. The summed E-state index contributed by atoms with van der Waals surface area (Å²) >= 11 is 3.25. The minimum absolute atomic E-state index is 0.463. The minimum atomic E-state index is -1.01. The van der Waals surface area contributed by atoms with E-state index in [0.29, 0.717) is 11.5 Å². The molecule has 0 fully saturated rings. The Bertz CT molecular complexity index is 740. The van der Waals surface area contributed by atoms with E-state index in [-0.39, 0.29) is 0 Å². The van der Waals surface area contributed by atoms with Crippen molar-refractivity contribution in [2.24, 2.45) is 0 Å². The van der Waals surface area contributed by atoms with E-state index in [4.69, 9.17) is 4.52 Å². The molecule has 21 heavy (non-hydrogen) atoms. The highest BCUT2D eigenvalue weighted by Gasteiger charge is 2.14. The minimum Gasteiger partial charge on any atom is -0.361 e. The molecule has 4 nitrogen and oxygen atoms in total. The van der Waals surface area contributed by atoms with Crippen LogP contribution in [0.25, 0.3) is 10.6 Å². The van der Waals surface area contributed by atoms with E-state index in [1.807, 2.05) is 30.7 Å². The van der Waals surface area contributed by atoms with Crippen LogP contribution in [0, 0.1) is 13.8 Å². The highest BCUT2D eigenvalue weighted by atomic mass is 32.2. The number of aryl methyl sites for hydroxylation is 2. The first-order valence-electron chi connectivity index (χ1n) is 6.37. The molecule has 7 heteroatoms. The van der Waals surface area contributed by atoms with Crippen LogP contribution in [-0.2, 0) is 22.3 Å². The molecular formula is C14H14N2O2S3. The van der Waals surface area contributed by atoms with Gasteiger partial charge in [0.1, 0.15) is 10.8 Å². The van der Waals surface area contributed by atoms with E-state index in [9.17, 15) is 4.21 Å². The van der Waals surface area contributed by atoms with Gasteiger partial charge in [0.15, 0.2) is 0 Å². The average molecular weight is 338 g/mol. The van der Waals surface area contributed by atoms with Crippen LogP contribution in [0.4, 0.5) is 0 Å². The summed E-state index contributed by atoms with van der Waals surface area (Å²) in [6.45, 7) is 3.73. The highest BCUT2D eigenvalue weighted by Crippen LogP contribution is 2.26. The monoisotopic (exact) mass is 338 g/mol. The largest absolute Gasteiger partial charge is 0.361 e. The Balaban J connectivity index is 1.68. The summed E-state index contributed by atoms with van der Waals surface area (Å²) in [6, 6.07) is 2.05. The lowest BCUT2D eigenvalue weighted by molar-refractivity contribution is 0.392. The van der Waals surface area contributed by atoms with Crippen LogP contribution >= 0.6 is 22.7 Å². The van der Waals surface area contributed by atoms with Crippen molar-refractivity contribution in [1.82, 2.24) is 10.1 Å². The molecule has 110 valence electrons. The Hall–Kier alpha value is -1.31. The van der Waals surface area contributed by atoms with Gasteiger partial charge in [-0.25, -0.2) is 4.98 Å². The Kier molecular flexibility index (Phi) is 4.32. The zero-order valence-corrected chi connectivity index (χ0v) is 14.1. The third-order valence-electron chi connectivity index (χ3n) is 3.12. The fraction of sp³-hybridized carbons (Fsp3) is 0.286. The lowest BCUT2D eigenvalue weighted by Crippen LogP contribution is -2.01. The van der Waals surface area contributed by atoms with E-state index in [1.54, 1.807) is 22.7 Å². The van der Waals surface area contributed by atoms with Crippen molar-refractivity contribution in [3.8, 4) is 10.6 Å². The molecular weight excluding hydrogens is 324 g/mol. The Morgan fingerprint density at radius 3 is 2.81 bits per heavy atom. The Morgan fingerprint density at radius 2 is 2.14 bits per heavy atom. The summed E-state index contributed by atoms with van der Waals surface area (Å²) in [5.74, 6) is 1.68. The predicted molar refractivity (Wildman–Crippen MR) is 87.0 cm³/mol. The first-order valence-corrected chi connectivity index (χ1v) is 9.68. The summed E-state index contributed by atoms with van der Waals surface area (Å²) < 4.78 is 17.4. The molecule has 3 heterocycles. The zero-order valence-electron chi connectivity index (χ0n) is 11.7. The smallest absolute Gasteiger partial charge is 0.138 e. The van der Waals surface area contributed by atoms with Gasteiger partial charge < -0.3 is 4.52 Å². The van der Waals surface area contributed by atoms with Gasteiger partial charge in [-0.05, 0) is 25.3 Å². The summed E-state index contributed by atoms with van der Waals surface area (Å²) in [6.07, 6.45) is 0. The van der Waals surface area contributed by atoms with Crippen LogP contribution in [0.2, 0.25) is 0 Å². The van der Waals surface area contributed by atoms with Gasteiger partial charge in [-0.1, -0.05) is 5.16 Å². The third kappa shape index (κ3) is 3.30. The van der Waals surface area contributed by atoms with Crippen LogP contribution in [0.1, 0.15) is 22.7 Å². The first-order chi connectivity index (χ1) is 10.1. The molecule has 0 aromatic carbocycles. The molecule has 0 saturated carbocycles. The van der Waals surface area contributed by atoms with E-state index < -0.39 is 10.8 Å². The molecule has 0 aliphatic carbocycles. The second-order valence-electron chi connectivity index (χ2n) is 4.69. The van der Waals surface area contributed by atoms with Crippen LogP contribution in [0.5, 0.6) is 0 Å². The Morgan fingerprint density at radius 1 is 1.29 bits per heavy atom. The number of rotatable bonds is 5. The highest BCUT2D eigenvalue weighted by molar-refractivity contribution is 7.83. The molecule has 0 amide bonds. The second-order valence-corrected chi connectivity index (χ2v) is 7.78. The maximum Gasteiger partial charge on any atom is 0.138 e. The number of hydrogen-bond acceptors (Lipinski definition) is 6. The first kappa shape index (κ1) is 14.6.